The predicted molar refractivity (Wildman–Crippen MR) is 153 cm³/mol. The van der Waals surface area contributed by atoms with Crippen molar-refractivity contribution in [1.82, 2.24) is 10.0 Å². The number of hydrazone groups is 1. The van der Waals surface area contributed by atoms with Gasteiger partial charge in [0.15, 0.2) is 12.1 Å². The maximum absolute atomic E-state index is 13.8. The SMILES string of the molecule is COc1ccc(C2CC(c3ccc(C)cc3C)=NN2C(=O)CN2N=NC3C(=O)N(c4ccc(Cl)cc4)C(=O)C32)cc1. The third-order valence-electron chi connectivity index (χ3n) is 7.60. The van der Waals surface area contributed by atoms with Crippen LogP contribution in [-0.2, 0) is 14.4 Å². The van der Waals surface area contributed by atoms with E-state index >= 15 is 0 Å². The number of fused-ring (bicyclic) bond motifs is 1. The lowest BCUT2D eigenvalue weighted by atomic mass is 9.95. The molecule has 3 atom stereocenters. The maximum Gasteiger partial charge on any atom is 0.264 e. The van der Waals surface area contributed by atoms with Gasteiger partial charge < -0.3 is 4.74 Å². The van der Waals surface area contributed by atoms with Gasteiger partial charge >= 0.3 is 0 Å². The molecule has 11 heteroatoms. The number of amides is 3. The average Bonchev–Trinajstić information content (AvgIpc) is 3.65. The van der Waals surface area contributed by atoms with Crippen molar-refractivity contribution in [2.75, 3.05) is 18.6 Å². The van der Waals surface area contributed by atoms with Gasteiger partial charge in [0.05, 0.1) is 24.6 Å². The Bertz CT molecular complexity index is 1600. The van der Waals surface area contributed by atoms with Gasteiger partial charge in [-0.15, -0.1) is 0 Å². The van der Waals surface area contributed by atoms with Crippen molar-refractivity contribution in [1.29, 1.82) is 0 Å². The summed E-state index contributed by atoms with van der Waals surface area (Å²) in [4.78, 5) is 41.4. The molecule has 208 valence electrons. The summed E-state index contributed by atoms with van der Waals surface area (Å²) in [5.41, 5.74) is 5.26. The van der Waals surface area contributed by atoms with Crippen LogP contribution in [0.25, 0.3) is 0 Å². The Morgan fingerprint density at radius 1 is 1.00 bits per heavy atom. The molecule has 3 unspecified atom stereocenters. The number of halogens is 1. The average molecular weight is 571 g/mol. The molecule has 3 aromatic rings. The molecule has 3 heterocycles. The standard InChI is InChI=1S/C30H27ClN6O4/c1-17-4-13-23(18(2)14-17)24-15-25(19-5-11-22(41-3)12-6-19)37(33-24)26(38)16-35-28-27(32-34-35)29(39)36(30(28)40)21-9-7-20(31)8-10-21/h4-14,25,27-28H,15-16H2,1-3H3. The Morgan fingerprint density at radius 2 is 1.73 bits per heavy atom. The zero-order valence-corrected chi connectivity index (χ0v) is 23.4. The quantitative estimate of drug-likeness (QED) is 0.401. The largest absolute Gasteiger partial charge is 0.497 e. The molecule has 1 fully saturated rings. The van der Waals surface area contributed by atoms with Gasteiger partial charge in [-0.05, 0) is 61.4 Å². The van der Waals surface area contributed by atoms with Crippen molar-refractivity contribution >= 4 is 40.7 Å². The van der Waals surface area contributed by atoms with Gasteiger partial charge in [-0.2, -0.15) is 10.2 Å². The number of methoxy groups -OCH3 is 1. The van der Waals surface area contributed by atoms with Crippen molar-refractivity contribution in [2.24, 2.45) is 15.4 Å². The number of hydrogen-bond donors (Lipinski definition) is 0. The lowest BCUT2D eigenvalue weighted by Gasteiger charge is -2.25. The van der Waals surface area contributed by atoms with Crippen LogP contribution in [0.5, 0.6) is 5.75 Å². The van der Waals surface area contributed by atoms with E-state index in [1.807, 2.05) is 50.2 Å². The fourth-order valence-electron chi connectivity index (χ4n) is 5.54. The molecular formula is C30H27ClN6O4. The second kappa shape index (κ2) is 10.4. The van der Waals surface area contributed by atoms with E-state index in [1.54, 1.807) is 31.4 Å². The van der Waals surface area contributed by atoms with E-state index in [0.717, 1.165) is 32.9 Å². The number of hydrogen-bond acceptors (Lipinski definition) is 8. The van der Waals surface area contributed by atoms with Crippen molar-refractivity contribution in [3.8, 4) is 5.75 Å². The minimum absolute atomic E-state index is 0.269. The van der Waals surface area contributed by atoms with Crippen LogP contribution in [-0.4, -0.2) is 59.2 Å². The first kappa shape index (κ1) is 26.6. The molecule has 41 heavy (non-hydrogen) atoms. The van der Waals surface area contributed by atoms with Crippen LogP contribution in [0.15, 0.2) is 82.2 Å². The number of anilines is 1. The number of carbonyl (C=O) groups is 3. The summed E-state index contributed by atoms with van der Waals surface area (Å²) in [6.07, 6.45) is 0.511. The highest BCUT2D eigenvalue weighted by molar-refractivity contribution is 6.31. The predicted octanol–water partition coefficient (Wildman–Crippen LogP) is 4.64. The van der Waals surface area contributed by atoms with E-state index in [2.05, 4.69) is 16.4 Å². The number of nitrogens with zero attached hydrogens (tertiary/aromatic N) is 6. The Balaban J connectivity index is 1.27. The van der Waals surface area contributed by atoms with Crippen molar-refractivity contribution in [3.05, 3.63) is 94.0 Å². The van der Waals surface area contributed by atoms with Gasteiger partial charge in [-0.1, -0.05) is 52.7 Å². The van der Waals surface area contributed by atoms with Gasteiger partial charge in [0, 0.05) is 17.0 Å². The minimum atomic E-state index is -1.02. The van der Waals surface area contributed by atoms with Gasteiger partial charge in [0.25, 0.3) is 17.7 Å². The van der Waals surface area contributed by atoms with Crippen LogP contribution in [0.2, 0.25) is 5.02 Å². The lowest BCUT2D eigenvalue weighted by molar-refractivity contribution is -0.135. The maximum atomic E-state index is 13.8. The Kier molecular flexibility index (Phi) is 6.78. The molecule has 10 nitrogen and oxygen atoms in total. The van der Waals surface area contributed by atoms with E-state index in [9.17, 15) is 14.4 Å². The van der Waals surface area contributed by atoms with E-state index in [1.165, 1.54) is 10.0 Å². The molecule has 0 N–H and O–H groups in total. The molecule has 0 bridgehead atoms. The smallest absolute Gasteiger partial charge is 0.264 e. The minimum Gasteiger partial charge on any atom is -0.497 e. The molecule has 3 aliphatic heterocycles. The molecule has 0 spiro atoms. The molecular weight excluding hydrogens is 544 g/mol. The third kappa shape index (κ3) is 4.74. The molecule has 3 aliphatic rings. The Morgan fingerprint density at radius 3 is 2.41 bits per heavy atom. The monoisotopic (exact) mass is 570 g/mol. The first-order valence-corrected chi connectivity index (χ1v) is 13.5. The molecule has 6 rings (SSSR count). The Hall–Kier alpha value is -4.57. The van der Waals surface area contributed by atoms with Crippen LogP contribution in [0.1, 0.15) is 34.7 Å². The number of benzene rings is 3. The molecule has 3 aromatic carbocycles. The second-order valence-corrected chi connectivity index (χ2v) is 10.7. The number of aryl methyl sites for hydroxylation is 2. The van der Waals surface area contributed by atoms with Crippen LogP contribution >= 0.6 is 11.6 Å². The van der Waals surface area contributed by atoms with Gasteiger partial charge in [0.2, 0.25) is 0 Å². The first-order chi connectivity index (χ1) is 19.7. The lowest BCUT2D eigenvalue weighted by Crippen LogP contribution is -2.44. The highest BCUT2D eigenvalue weighted by Gasteiger charge is 2.55. The molecule has 0 radical (unpaired) electrons. The topological polar surface area (TPSA) is 107 Å². The van der Waals surface area contributed by atoms with Crippen LogP contribution in [0.3, 0.4) is 0 Å². The van der Waals surface area contributed by atoms with Crippen molar-refractivity contribution < 1.29 is 19.1 Å². The number of rotatable bonds is 6. The summed E-state index contributed by atoms with van der Waals surface area (Å²) in [6, 6.07) is 17.7. The highest BCUT2D eigenvalue weighted by atomic mass is 35.5. The van der Waals surface area contributed by atoms with Crippen LogP contribution in [0, 0.1) is 13.8 Å². The molecule has 3 amide bonds. The zero-order valence-electron chi connectivity index (χ0n) is 22.7. The van der Waals surface area contributed by atoms with Gasteiger partial charge in [0.1, 0.15) is 12.3 Å². The van der Waals surface area contributed by atoms with Gasteiger partial charge in [-0.25, -0.2) is 9.91 Å². The highest BCUT2D eigenvalue weighted by Crippen LogP contribution is 2.36. The summed E-state index contributed by atoms with van der Waals surface area (Å²) >= 11 is 5.98. The zero-order chi connectivity index (χ0) is 28.8. The van der Waals surface area contributed by atoms with Crippen molar-refractivity contribution in [2.45, 2.75) is 38.4 Å². The summed E-state index contributed by atoms with van der Waals surface area (Å²) in [7, 11) is 1.60. The van der Waals surface area contributed by atoms with Crippen LogP contribution < -0.4 is 9.64 Å². The van der Waals surface area contributed by atoms with Crippen LogP contribution in [0.4, 0.5) is 5.69 Å². The Labute approximate surface area is 241 Å². The fourth-order valence-corrected chi connectivity index (χ4v) is 5.66. The normalized spacial score (nSPS) is 21.5. The molecule has 0 aromatic heterocycles. The summed E-state index contributed by atoms with van der Waals surface area (Å²) in [5, 5.41) is 16.1. The molecule has 1 saturated heterocycles. The van der Waals surface area contributed by atoms with E-state index in [0.29, 0.717) is 22.9 Å². The summed E-state index contributed by atoms with van der Waals surface area (Å²) in [6.45, 7) is 3.79. The molecule has 0 aliphatic carbocycles. The fraction of sp³-hybridized carbons (Fsp3) is 0.267. The van der Waals surface area contributed by atoms with E-state index < -0.39 is 23.9 Å². The first-order valence-electron chi connectivity index (χ1n) is 13.2. The van der Waals surface area contributed by atoms with E-state index in [-0.39, 0.29) is 18.5 Å². The number of imide groups is 1. The number of ether oxygens (including phenoxy) is 1. The summed E-state index contributed by atoms with van der Waals surface area (Å²) in [5.74, 6) is -0.644. The summed E-state index contributed by atoms with van der Waals surface area (Å²) < 4.78 is 5.31. The van der Waals surface area contributed by atoms with E-state index in [4.69, 9.17) is 21.4 Å². The number of carbonyl (C=O) groups excluding carboxylic acids is 3. The second-order valence-electron chi connectivity index (χ2n) is 10.3. The third-order valence-corrected chi connectivity index (χ3v) is 7.85. The van der Waals surface area contributed by atoms with Crippen molar-refractivity contribution in [3.63, 3.8) is 0 Å². The molecule has 0 saturated carbocycles. The van der Waals surface area contributed by atoms with Gasteiger partial charge in [-0.3, -0.25) is 19.4 Å².